The number of hydrogen-bond donors (Lipinski definition) is 3. The lowest BCUT2D eigenvalue weighted by atomic mass is 9.82. The van der Waals surface area contributed by atoms with Crippen LogP contribution in [0.5, 0.6) is 0 Å². The topological polar surface area (TPSA) is 108 Å². The molecule has 0 aliphatic carbocycles. The molecule has 10 heteroatoms. The van der Waals surface area contributed by atoms with Crippen LogP contribution in [0.15, 0.2) is 89.9 Å². The molecule has 4 rings (SSSR count). The quantitative estimate of drug-likeness (QED) is 0.396. The predicted molar refractivity (Wildman–Crippen MR) is 135 cm³/mol. The molecule has 0 radical (unpaired) electrons. The van der Waals surface area contributed by atoms with E-state index in [1.54, 1.807) is 60.7 Å². The van der Waals surface area contributed by atoms with Crippen molar-refractivity contribution in [3.63, 3.8) is 0 Å². The Kier molecular flexibility index (Phi) is 7.90. The van der Waals surface area contributed by atoms with Gasteiger partial charge < -0.3 is 15.7 Å². The number of benzodiazepines with no additional fused rings is 1. The number of para-hydroxylation sites is 1. The molecule has 2 amide bonds. The highest BCUT2D eigenvalue weighted by Gasteiger charge is 2.40. The number of anilines is 1. The van der Waals surface area contributed by atoms with Gasteiger partial charge in [0, 0.05) is 17.5 Å². The van der Waals surface area contributed by atoms with Crippen LogP contribution in [-0.4, -0.2) is 40.9 Å². The van der Waals surface area contributed by atoms with Gasteiger partial charge in [-0.25, -0.2) is 4.99 Å². The normalized spacial score (nSPS) is 16.8. The number of carboxylic acid groups (broad SMARTS) is 1. The van der Waals surface area contributed by atoms with Gasteiger partial charge in [-0.05, 0) is 18.1 Å². The van der Waals surface area contributed by atoms with Crippen LogP contribution >= 0.6 is 0 Å². The minimum absolute atomic E-state index is 0.175. The third kappa shape index (κ3) is 6.26. The van der Waals surface area contributed by atoms with Crippen molar-refractivity contribution in [1.29, 1.82) is 0 Å². The number of amides is 2. The summed E-state index contributed by atoms with van der Waals surface area (Å²) in [5.74, 6) is -6.37. The van der Waals surface area contributed by atoms with Crippen molar-refractivity contribution < 1.29 is 32.7 Å². The number of fused-ring (bicyclic) bond motifs is 1. The first-order valence-corrected chi connectivity index (χ1v) is 11.8. The maximum absolute atomic E-state index is 13.4. The number of carbonyl (C=O) groups excluding carboxylic acids is 2. The van der Waals surface area contributed by atoms with Crippen LogP contribution in [0.4, 0.5) is 18.9 Å². The molecule has 7 nitrogen and oxygen atoms in total. The Morgan fingerprint density at radius 1 is 0.947 bits per heavy atom. The van der Waals surface area contributed by atoms with Crippen LogP contribution in [0.3, 0.4) is 0 Å². The molecule has 0 saturated heterocycles. The molecule has 1 heterocycles. The Balaban J connectivity index is 1.71. The maximum atomic E-state index is 13.4. The van der Waals surface area contributed by atoms with E-state index in [-0.39, 0.29) is 5.56 Å². The van der Waals surface area contributed by atoms with Crippen molar-refractivity contribution in [2.75, 3.05) is 5.32 Å². The van der Waals surface area contributed by atoms with Crippen LogP contribution in [0.1, 0.15) is 35.4 Å². The molecule has 0 spiro atoms. The van der Waals surface area contributed by atoms with Gasteiger partial charge in [0.15, 0.2) is 0 Å². The van der Waals surface area contributed by atoms with Crippen LogP contribution in [0.2, 0.25) is 0 Å². The molecule has 0 bridgehead atoms. The SMILES string of the molecule is O=C1Nc2ccccc2C(c2ccccc2)=N[C@@H]1NC(=O)[C@H](CCC(F)(F)F)[C@@H](C(=O)O)c1ccccc1. The van der Waals surface area contributed by atoms with Crippen LogP contribution in [0.25, 0.3) is 0 Å². The number of nitrogens with one attached hydrogen (secondary N) is 2. The Morgan fingerprint density at radius 3 is 2.18 bits per heavy atom. The molecule has 3 aromatic rings. The van der Waals surface area contributed by atoms with Crippen LogP contribution < -0.4 is 10.6 Å². The van der Waals surface area contributed by atoms with E-state index in [0.29, 0.717) is 22.5 Å². The second-order valence-corrected chi connectivity index (χ2v) is 8.78. The fourth-order valence-corrected chi connectivity index (χ4v) is 4.40. The van der Waals surface area contributed by atoms with Crippen molar-refractivity contribution in [2.24, 2.45) is 10.9 Å². The zero-order valence-electron chi connectivity index (χ0n) is 20.0. The minimum atomic E-state index is -4.61. The molecule has 0 saturated carbocycles. The number of rotatable bonds is 8. The van der Waals surface area contributed by atoms with Crippen molar-refractivity contribution in [3.8, 4) is 0 Å². The highest BCUT2D eigenvalue weighted by atomic mass is 19.4. The van der Waals surface area contributed by atoms with Gasteiger partial charge in [-0.2, -0.15) is 13.2 Å². The number of nitrogens with zero attached hydrogens (tertiary/aromatic N) is 1. The Labute approximate surface area is 216 Å². The smallest absolute Gasteiger partial charge is 0.389 e. The molecule has 3 aromatic carbocycles. The number of carbonyl (C=O) groups is 3. The van der Waals surface area contributed by atoms with E-state index in [9.17, 15) is 32.7 Å². The van der Waals surface area contributed by atoms with Gasteiger partial charge >= 0.3 is 12.1 Å². The van der Waals surface area contributed by atoms with Crippen LogP contribution in [-0.2, 0) is 14.4 Å². The highest BCUT2D eigenvalue weighted by Crippen LogP contribution is 2.33. The van der Waals surface area contributed by atoms with Gasteiger partial charge in [0.05, 0.1) is 23.2 Å². The van der Waals surface area contributed by atoms with Gasteiger partial charge in [0.2, 0.25) is 12.1 Å². The van der Waals surface area contributed by atoms with E-state index >= 15 is 0 Å². The van der Waals surface area contributed by atoms with Crippen molar-refractivity contribution in [1.82, 2.24) is 5.32 Å². The zero-order valence-corrected chi connectivity index (χ0v) is 20.0. The Hall–Kier alpha value is -4.47. The van der Waals surface area contributed by atoms with Gasteiger partial charge in [-0.15, -0.1) is 0 Å². The first kappa shape index (κ1) is 26.6. The van der Waals surface area contributed by atoms with E-state index in [1.807, 2.05) is 0 Å². The molecule has 3 N–H and O–H groups in total. The van der Waals surface area contributed by atoms with E-state index in [0.717, 1.165) is 0 Å². The molecule has 3 atom stereocenters. The zero-order chi connectivity index (χ0) is 27.3. The van der Waals surface area contributed by atoms with E-state index in [1.165, 1.54) is 24.3 Å². The number of alkyl halides is 3. The summed E-state index contributed by atoms with van der Waals surface area (Å²) in [5, 5.41) is 15.0. The summed E-state index contributed by atoms with van der Waals surface area (Å²) in [6, 6.07) is 23.4. The van der Waals surface area contributed by atoms with Crippen LogP contribution in [0, 0.1) is 5.92 Å². The third-order valence-corrected chi connectivity index (χ3v) is 6.18. The largest absolute Gasteiger partial charge is 0.481 e. The average molecular weight is 524 g/mol. The summed E-state index contributed by atoms with van der Waals surface area (Å²) in [6.45, 7) is 0. The number of carboxylic acids is 1. The Bertz CT molecular complexity index is 1340. The van der Waals surface area contributed by atoms with Gasteiger partial charge in [-0.1, -0.05) is 78.9 Å². The highest BCUT2D eigenvalue weighted by molar-refractivity contribution is 6.19. The summed E-state index contributed by atoms with van der Waals surface area (Å²) in [6.07, 6.45) is -8.28. The number of halogens is 3. The number of benzene rings is 3. The number of aliphatic imine (C=N–C) groups is 1. The molecule has 0 fully saturated rings. The monoisotopic (exact) mass is 523 g/mol. The lowest BCUT2D eigenvalue weighted by Crippen LogP contribution is -2.47. The molecular formula is C28H24F3N3O4. The molecule has 1 aliphatic rings. The summed E-state index contributed by atoms with van der Waals surface area (Å²) >= 11 is 0. The van der Waals surface area contributed by atoms with E-state index in [4.69, 9.17) is 0 Å². The molecule has 196 valence electrons. The standard InChI is InChI=1S/C28H24F3N3O4/c29-28(30,31)16-15-20(22(27(37)38)17-9-3-1-4-10-17)25(35)34-24-26(36)32-21-14-8-7-13-19(21)23(33-24)18-11-5-2-6-12-18/h1-14,20,22,24H,15-16H2,(H,32,36)(H,34,35)(H,37,38)/t20-,22+,24-/m1/s1. The summed E-state index contributed by atoms with van der Waals surface area (Å²) in [5.41, 5.74) is 2.24. The fraction of sp³-hybridized carbons (Fsp3) is 0.214. The first-order valence-electron chi connectivity index (χ1n) is 11.8. The number of hydrogen-bond acceptors (Lipinski definition) is 4. The lowest BCUT2D eigenvalue weighted by Gasteiger charge is -2.25. The maximum Gasteiger partial charge on any atom is 0.389 e. The molecule has 1 aliphatic heterocycles. The van der Waals surface area contributed by atoms with Gasteiger partial charge in [0.1, 0.15) is 0 Å². The molecule has 0 unspecified atom stereocenters. The Morgan fingerprint density at radius 2 is 1.55 bits per heavy atom. The summed E-state index contributed by atoms with van der Waals surface area (Å²) in [4.78, 5) is 43.2. The van der Waals surface area contributed by atoms with Crippen molar-refractivity contribution in [2.45, 2.75) is 31.1 Å². The molecular weight excluding hydrogens is 499 g/mol. The van der Waals surface area contributed by atoms with Gasteiger partial charge in [0.25, 0.3) is 5.91 Å². The summed E-state index contributed by atoms with van der Waals surface area (Å²) < 4.78 is 39.4. The molecule has 0 aromatic heterocycles. The van der Waals surface area contributed by atoms with E-state index < -0.39 is 54.8 Å². The average Bonchev–Trinajstić information content (AvgIpc) is 3.02. The first-order chi connectivity index (χ1) is 18.1. The lowest BCUT2D eigenvalue weighted by molar-refractivity contribution is -0.150. The third-order valence-electron chi connectivity index (χ3n) is 6.18. The van der Waals surface area contributed by atoms with Crippen molar-refractivity contribution in [3.05, 3.63) is 102 Å². The second kappa shape index (κ2) is 11.3. The second-order valence-electron chi connectivity index (χ2n) is 8.78. The van der Waals surface area contributed by atoms with Crippen molar-refractivity contribution >= 4 is 29.2 Å². The summed E-state index contributed by atoms with van der Waals surface area (Å²) in [7, 11) is 0. The number of aliphatic carboxylic acids is 1. The fourth-order valence-electron chi connectivity index (χ4n) is 4.40. The van der Waals surface area contributed by atoms with Gasteiger partial charge in [-0.3, -0.25) is 14.4 Å². The predicted octanol–water partition coefficient (Wildman–Crippen LogP) is 4.75. The molecule has 38 heavy (non-hydrogen) atoms. The van der Waals surface area contributed by atoms with E-state index in [2.05, 4.69) is 15.6 Å². The minimum Gasteiger partial charge on any atom is -0.481 e.